The van der Waals surface area contributed by atoms with Crippen LogP contribution in [-0.4, -0.2) is 147 Å². The van der Waals surface area contributed by atoms with Crippen LogP contribution >= 0.6 is 0 Å². The Labute approximate surface area is 189 Å². The van der Waals surface area contributed by atoms with E-state index in [-0.39, 0.29) is 6.42 Å². The summed E-state index contributed by atoms with van der Waals surface area (Å²) < 4.78 is 27.5. The molecule has 0 aromatic carbocycles. The van der Waals surface area contributed by atoms with E-state index in [0.717, 1.165) is 0 Å². The van der Waals surface area contributed by atoms with E-state index in [1.165, 1.54) is 0 Å². The predicted molar refractivity (Wildman–Crippen MR) is 104 cm³/mol. The van der Waals surface area contributed by atoms with E-state index < -0.39 is 106 Å². The summed E-state index contributed by atoms with van der Waals surface area (Å²) in [6.45, 7) is -1.86. The standard InChI is InChI=1S/C18H34N2O13/c19-10-14(27)16(8(4-23)30-17(10)28)32-9-1-5(24)15(7(3-22)29-9)33-18-11(20)13(26)12(25)6(2-21)31-18/h5-18,21-28H,1-4,19-20H2/t5?,6?,7?,8?,9-,10?,11?,12+,13?,14?,15-,16+,17+,18-/m0/s1. The molecule has 3 rings (SSSR count). The summed E-state index contributed by atoms with van der Waals surface area (Å²) in [4.78, 5) is 0. The zero-order valence-electron chi connectivity index (χ0n) is 17.7. The molecule has 3 aliphatic rings. The van der Waals surface area contributed by atoms with Gasteiger partial charge < -0.3 is 76.0 Å². The maximum Gasteiger partial charge on any atom is 0.176 e. The second kappa shape index (κ2) is 11.4. The van der Waals surface area contributed by atoms with Crippen molar-refractivity contribution >= 4 is 0 Å². The molecule has 0 aromatic heterocycles. The van der Waals surface area contributed by atoms with Gasteiger partial charge in [0.2, 0.25) is 0 Å². The molecule has 0 spiro atoms. The van der Waals surface area contributed by atoms with Crippen molar-refractivity contribution in [3.05, 3.63) is 0 Å². The molecule has 0 radical (unpaired) electrons. The van der Waals surface area contributed by atoms with Gasteiger partial charge in [-0.1, -0.05) is 0 Å². The zero-order chi connectivity index (χ0) is 24.4. The molecule has 0 bridgehead atoms. The van der Waals surface area contributed by atoms with E-state index >= 15 is 0 Å². The molecular weight excluding hydrogens is 452 g/mol. The maximum absolute atomic E-state index is 10.6. The molecule has 0 amide bonds. The molecule has 3 aliphatic heterocycles. The SMILES string of the molecule is NC1C(O)[C@H](O)C(CO)O[C@H]1O[C@H]1C(O)C[C@H](O[C@@H]2C(CO)O[C@@H](O)C(N)C2O)OC1CO. The largest absolute Gasteiger partial charge is 0.394 e. The minimum absolute atomic E-state index is 0.211. The quantitative estimate of drug-likeness (QED) is 0.160. The van der Waals surface area contributed by atoms with Gasteiger partial charge >= 0.3 is 0 Å². The highest BCUT2D eigenvalue weighted by Crippen LogP contribution is 2.31. The van der Waals surface area contributed by atoms with Crippen LogP contribution in [0, 0.1) is 0 Å². The van der Waals surface area contributed by atoms with Crippen LogP contribution in [0.25, 0.3) is 0 Å². The molecular formula is C18H34N2O13. The number of hydrogen-bond donors (Lipinski definition) is 10. The molecule has 8 unspecified atom stereocenters. The average molecular weight is 486 g/mol. The van der Waals surface area contributed by atoms with Crippen LogP contribution in [0.2, 0.25) is 0 Å². The molecule has 14 atom stereocenters. The summed E-state index contributed by atoms with van der Waals surface area (Å²) in [5.41, 5.74) is 11.5. The van der Waals surface area contributed by atoms with Crippen molar-refractivity contribution < 1.29 is 64.5 Å². The van der Waals surface area contributed by atoms with Crippen LogP contribution in [-0.2, 0) is 23.7 Å². The van der Waals surface area contributed by atoms with Crippen LogP contribution in [0.15, 0.2) is 0 Å². The predicted octanol–water partition coefficient (Wildman–Crippen LogP) is -6.61. The topological polar surface area (TPSA) is 260 Å². The molecule has 3 fully saturated rings. The molecule has 0 aliphatic carbocycles. The van der Waals surface area contributed by atoms with Gasteiger partial charge in [-0.2, -0.15) is 0 Å². The number of rotatable bonds is 7. The Morgan fingerprint density at radius 1 is 0.667 bits per heavy atom. The third-order valence-electron chi connectivity index (χ3n) is 6.14. The van der Waals surface area contributed by atoms with Gasteiger partial charge in [0.05, 0.1) is 38.0 Å². The van der Waals surface area contributed by atoms with Crippen LogP contribution < -0.4 is 11.5 Å². The molecule has 0 aromatic rings. The maximum atomic E-state index is 10.6. The van der Waals surface area contributed by atoms with Crippen molar-refractivity contribution in [2.24, 2.45) is 11.5 Å². The van der Waals surface area contributed by atoms with Gasteiger partial charge in [0, 0.05) is 6.42 Å². The fourth-order valence-electron chi connectivity index (χ4n) is 4.15. The average Bonchev–Trinajstić information content (AvgIpc) is 2.80. The number of hydrogen-bond acceptors (Lipinski definition) is 15. The van der Waals surface area contributed by atoms with Gasteiger partial charge in [0.1, 0.15) is 48.8 Å². The summed E-state index contributed by atoms with van der Waals surface area (Å²) in [5.74, 6) is 0. The van der Waals surface area contributed by atoms with Crippen LogP contribution in [0.4, 0.5) is 0 Å². The first kappa shape index (κ1) is 27.0. The van der Waals surface area contributed by atoms with Crippen LogP contribution in [0.3, 0.4) is 0 Å². The van der Waals surface area contributed by atoms with Crippen LogP contribution in [0.1, 0.15) is 6.42 Å². The Morgan fingerprint density at radius 3 is 1.88 bits per heavy atom. The molecule has 194 valence electrons. The van der Waals surface area contributed by atoms with Gasteiger partial charge in [-0.3, -0.25) is 0 Å². The monoisotopic (exact) mass is 486 g/mol. The Kier molecular flexibility index (Phi) is 9.35. The second-order valence-corrected chi connectivity index (χ2v) is 8.39. The van der Waals surface area contributed by atoms with E-state index in [4.69, 9.17) is 35.2 Å². The molecule has 3 heterocycles. The fraction of sp³-hybridized carbons (Fsp3) is 1.00. The van der Waals surface area contributed by atoms with Gasteiger partial charge in [-0.25, -0.2) is 0 Å². The molecule has 12 N–H and O–H groups in total. The first-order valence-electron chi connectivity index (χ1n) is 10.6. The van der Waals surface area contributed by atoms with Gasteiger partial charge in [0.25, 0.3) is 0 Å². The van der Waals surface area contributed by atoms with Gasteiger partial charge in [-0.15, -0.1) is 0 Å². The molecule has 33 heavy (non-hydrogen) atoms. The van der Waals surface area contributed by atoms with Crippen LogP contribution in [0.5, 0.6) is 0 Å². The van der Waals surface area contributed by atoms with Crippen molar-refractivity contribution in [3.8, 4) is 0 Å². The van der Waals surface area contributed by atoms with Crippen molar-refractivity contribution in [1.29, 1.82) is 0 Å². The van der Waals surface area contributed by atoms with E-state index in [1.54, 1.807) is 0 Å². The minimum atomic E-state index is -1.52. The highest BCUT2D eigenvalue weighted by atomic mass is 16.7. The first-order valence-corrected chi connectivity index (χ1v) is 10.6. The zero-order valence-corrected chi connectivity index (χ0v) is 17.7. The van der Waals surface area contributed by atoms with Crippen molar-refractivity contribution in [2.75, 3.05) is 19.8 Å². The lowest BCUT2D eigenvalue weighted by atomic mass is 9.96. The Hall–Kier alpha value is -0.600. The van der Waals surface area contributed by atoms with E-state index in [0.29, 0.717) is 0 Å². The smallest absolute Gasteiger partial charge is 0.176 e. The van der Waals surface area contributed by atoms with Gasteiger partial charge in [0.15, 0.2) is 18.9 Å². The summed E-state index contributed by atoms with van der Waals surface area (Å²) in [7, 11) is 0. The Morgan fingerprint density at radius 2 is 1.27 bits per heavy atom. The highest BCUT2D eigenvalue weighted by Gasteiger charge is 2.49. The van der Waals surface area contributed by atoms with E-state index in [1.807, 2.05) is 0 Å². The number of ether oxygens (including phenoxy) is 5. The summed E-state index contributed by atoms with van der Waals surface area (Å²) in [6, 6.07) is -2.45. The number of nitrogens with two attached hydrogens (primary N) is 2. The molecule has 3 saturated heterocycles. The first-order chi connectivity index (χ1) is 15.6. The van der Waals surface area contributed by atoms with Gasteiger partial charge in [-0.05, 0) is 0 Å². The second-order valence-electron chi connectivity index (χ2n) is 8.39. The Balaban J connectivity index is 1.66. The lowest BCUT2D eigenvalue weighted by molar-refractivity contribution is -0.344. The Bertz CT molecular complexity index is 616. The van der Waals surface area contributed by atoms with E-state index in [2.05, 4.69) is 0 Å². The third-order valence-corrected chi connectivity index (χ3v) is 6.14. The molecule has 15 nitrogen and oxygen atoms in total. The number of aliphatic hydroxyl groups excluding tert-OH is 8. The van der Waals surface area contributed by atoms with Crippen molar-refractivity contribution in [3.63, 3.8) is 0 Å². The molecule has 15 heteroatoms. The van der Waals surface area contributed by atoms with Crippen molar-refractivity contribution in [1.82, 2.24) is 0 Å². The lowest BCUT2D eigenvalue weighted by Gasteiger charge is -2.46. The van der Waals surface area contributed by atoms with Crippen molar-refractivity contribution in [2.45, 2.75) is 92.3 Å². The lowest BCUT2D eigenvalue weighted by Crippen LogP contribution is -2.65. The third kappa shape index (κ3) is 5.64. The fourth-order valence-corrected chi connectivity index (χ4v) is 4.15. The summed E-state index contributed by atoms with van der Waals surface area (Å²) in [5, 5.41) is 79.3. The number of aliphatic hydroxyl groups is 8. The summed E-state index contributed by atoms with van der Waals surface area (Å²) >= 11 is 0. The summed E-state index contributed by atoms with van der Waals surface area (Å²) in [6.07, 6.45) is -15.8. The highest BCUT2D eigenvalue weighted by molar-refractivity contribution is 4.95. The normalized spacial score (nSPS) is 51.5. The van der Waals surface area contributed by atoms with E-state index in [9.17, 15) is 40.9 Å². The minimum Gasteiger partial charge on any atom is -0.394 e. The molecule has 0 saturated carbocycles.